The fraction of sp³-hybridized carbons (Fsp3) is 0.914. The van der Waals surface area contributed by atoms with Crippen LogP contribution in [0.4, 0.5) is 0 Å². The summed E-state index contributed by atoms with van der Waals surface area (Å²) in [4.78, 5) is 13.2. The Morgan fingerprint density at radius 1 is 0.378 bits per heavy atom. The largest absolute Gasteiger partial charge is 0.394 e. The van der Waals surface area contributed by atoms with E-state index in [1.165, 1.54) is 340 Å². The van der Waals surface area contributed by atoms with Crippen LogP contribution in [0.2, 0.25) is 0 Å². The molecule has 1 rings (SSSR count). The molecule has 9 nitrogen and oxygen atoms in total. The number of rotatable bonds is 72. The second kappa shape index (κ2) is 70.2. The molecule has 1 fully saturated rings. The van der Waals surface area contributed by atoms with E-state index in [2.05, 4.69) is 55.6 Å². The molecule has 1 saturated heterocycles. The van der Waals surface area contributed by atoms with E-state index in [0.29, 0.717) is 12.8 Å². The van der Waals surface area contributed by atoms with Crippen LogP contribution in [0, 0.1) is 0 Å². The summed E-state index contributed by atoms with van der Waals surface area (Å²) < 4.78 is 11.4. The fourth-order valence-corrected chi connectivity index (χ4v) is 13.2. The molecule has 7 unspecified atom stereocenters. The third-order valence-corrected chi connectivity index (χ3v) is 19.5. The standard InChI is InChI=1S/C81H155NO8/c1-3-5-7-9-11-13-15-17-19-21-23-25-27-29-31-33-35-37-38-39-41-43-45-47-49-51-53-55-57-59-61-63-65-67-69-71-77(85)82-74(73-89-81-80(88)79(87)78(86)76(72-83)90-81)75(84)70-68-66-64-62-60-58-56-54-52-50-48-46-44-42-40-36-34-32-30-28-26-24-22-20-18-16-14-12-10-8-6-4-2/h15,17,21,23,27,29,74-76,78-81,83-84,86-88H,3-14,16,18-20,22,24-26,28,30-73H2,1-2H3,(H,82,85)/b17-15-,23-21-,29-27-. The highest BCUT2D eigenvalue weighted by molar-refractivity contribution is 5.76. The van der Waals surface area contributed by atoms with Gasteiger partial charge in [-0.1, -0.05) is 397 Å². The topological polar surface area (TPSA) is 149 Å². The molecule has 1 amide bonds. The summed E-state index contributed by atoms with van der Waals surface area (Å²) >= 11 is 0. The van der Waals surface area contributed by atoms with E-state index in [9.17, 15) is 30.3 Å². The van der Waals surface area contributed by atoms with Gasteiger partial charge < -0.3 is 40.3 Å². The molecule has 0 spiro atoms. The molecule has 1 aliphatic rings. The normalized spacial score (nSPS) is 17.9. The number of hydrogen-bond acceptors (Lipinski definition) is 8. The van der Waals surface area contributed by atoms with Gasteiger partial charge in [0.05, 0.1) is 25.4 Å². The maximum atomic E-state index is 13.2. The minimum Gasteiger partial charge on any atom is -0.394 e. The van der Waals surface area contributed by atoms with Gasteiger partial charge in [0.15, 0.2) is 6.29 Å². The number of nitrogens with one attached hydrogen (secondary N) is 1. The summed E-state index contributed by atoms with van der Waals surface area (Å²) in [6, 6.07) is -0.720. The molecule has 1 heterocycles. The lowest BCUT2D eigenvalue weighted by Gasteiger charge is -2.40. The highest BCUT2D eigenvalue weighted by Crippen LogP contribution is 2.24. The van der Waals surface area contributed by atoms with Crippen LogP contribution in [0.1, 0.15) is 418 Å². The van der Waals surface area contributed by atoms with Gasteiger partial charge in [0.1, 0.15) is 24.4 Å². The predicted molar refractivity (Wildman–Crippen MR) is 387 cm³/mol. The highest BCUT2D eigenvalue weighted by Gasteiger charge is 2.44. The molecule has 0 saturated carbocycles. The van der Waals surface area contributed by atoms with Gasteiger partial charge in [-0.3, -0.25) is 4.79 Å². The third kappa shape index (κ3) is 57.8. The molecule has 9 heteroatoms. The Morgan fingerprint density at radius 2 is 0.656 bits per heavy atom. The van der Waals surface area contributed by atoms with Crippen molar-refractivity contribution >= 4 is 5.91 Å². The monoisotopic (exact) mass is 1270 g/mol. The molecule has 0 aromatic heterocycles. The molecule has 6 N–H and O–H groups in total. The summed E-state index contributed by atoms with van der Waals surface area (Å²) in [6.07, 6.45) is 88.3. The zero-order valence-electron chi connectivity index (χ0n) is 59.9. The van der Waals surface area contributed by atoms with Crippen molar-refractivity contribution in [3.63, 3.8) is 0 Å². The van der Waals surface area contributed by atoms with Crippen molar-refractivity contribution in [2.24, 2.45) is 0 Å². The van der Waals surface area contributed by atoms with E-state index in [1.54, 1.807) is 0 Å². The molecule has 90 heavy (non-hydrogen) atoms. The number of amides is 1. The smallest absolute Gasteiger partial charge is 0.220 e. The number of carbonyl (C=O) groups is 1. The molecule has 0 radical (unpaired) electrons. The van der Waals surface area contributed by atoms with Crippen molar-refractivity contribution in [2.45, 2.75) is 461 Å². The van der Waals surface area contributed by atoms with Gasteiger partial charge in [0, 0.05) is 6.42 Å². The number of aliphatic hydroxyl groups excluding tert-OH is 5. The quantitative estimate of drug-likeness (QED) is 0.0261. The van der Waals surface area contributed by atoms with E-state index in [-0.39, 0.29) is 12.5 Å². The summed E-state index contributed by atoms with van der Waals surface area (Å²) in [6.45, 7) is 3.89. The van der Waals surface area contributed by atoms with E-state index in [0.717, 1.165) is 51.4 Å². The maximum Gasteiger partial charge on any atom is 0.220 e. The SMILES string of the molecule is CCCCCCC/C=C\C/C=C\C/C=C\CCCCCCCCCCCCCCCCCCCCCCC(=O)NC(COC1OC(CO)C(O)C(O)C1O)C(O)CCCCCCCCCCCCCCCCCCCCCCCCCCCCCCCCCC. The second-order valence-corrected chi connectivity index (χ2v) is 28.2. The minimum absolute atomic E-state index is 0.133. The van der Waals surface area contributed by atoms with Crippen LogP contribution in [-0.2, 0) is 14.3 Å². The molecular weight excluding hydrogens is 1110 g/mol. The van der Waals surface area contributed by atoms with Crippen LogP contribution in [0.3, 0.4) is 0 Å². The number of allylic oxidation sites excluding steroid dienone is 6. The summed E-state index contributed by atoms with van der Waals surface area (Å²) in [7, 11) is 0. The molecule has 7 atom stereocenters. The Bertz CT molecular complexity index is 1520. The van der Waals surface area contributed by atoms with Crippen LogP contribution in [0.25, 0.3) is 0 Å². The zero-order chi connectivity index (χ0) is 64.9. The lowest BCUT2D eigenvalue weighted by atomic mass is 9.99. The molecule has 532 valence electrons. The first kappa shape index (κ1) is 86.4. The molecule has 0 bridgehead atoms. The molecule has 1 aliphatic heterocycles. The maximum absolute atomic E-state index is 13.2. The van der Waals surface area contributed by atoms with Crippen molar-refractivity contribution in [1.82, 2.24) is 5.32 Å². The number of hydrogen-bond donors (Lipinski definition) is 6. The van der Waals surface area contributed by atoms with E-state index in [1.807, 2.05) is 0 Å². The number of unbranched alkanes of at least 4 members (excludes halogenated alkanes) is 56. The van der Waals surface area contributed by atoms with E-state index >= 15 is 0 Å². The van der Waals surface area contributed by atoms with Gasteiger partial charge in [-0.2, -0.15) is 0 Å². The van der Waals surface area contributed by atoms with Crippen molar-refractivity contribution in [1.29, 1.82) is 0 Å². The summed E-state index contributed by atoms with van der Waals surface area (Å²) in [5, 5.41) is 55.1. The molecule has 0 aliphatic carbocycles. The first-order valence-corrected chi connectivity index (χ1v) is 40.2. The van der Waals surface area contributed by atoms with Gasteiger partial charge in [-0.15, -0.1) is 0 Å². The first-order chi connectivity index (χ1) is 44.3. The van der Waals surface area contributed by atoms with Crippen LogP contribution < -0.4 is 5.32 Å². The summed E-state index contributed by atoms with van der Waals surface area (Å²) in [5.74, 6) is -0.135. The van der Waals surface area contributed by atoms with Gasteiger partial charge in [0.25, 0.3) is 0 Å². The summed E-state index contributed by atoms with van der Waals surface area (Å²) in [5.41, 5.74) is 0. The van der Waals surface area contributed by atoms with Crippen LogP contribution in [-0.4, -0.2) is 87.5 Å². The average Bonchev–Trinajstić information content (AvgIpc) is 1.28. The van der Waals surface area contributed by atoms with Gasteiger partial charge in [-0.25, -0.2) is 0 Å². The Kier molecular flexibility index (Phi) is 67.4. The lowest BCUT2D eigenvalue weighted by Crippen LogP contribution is -2.60. The Balaban J connectivity index is 2.05. The third-order valence-electron chi connectivity index (χ3n) is 19.5. The molecular formula is C81H155NO8. The van der Waals surface area contributed by atoms with E-state index in [4.69, 9.17) is 9.47 Å². The Hall–Kier alpha value is -1.59. The second-order valence-electron chi connectivity index (χ2n) is 28.2. The van der Waals surface area contributed by atoms with Crippen LogP contribution in [0.5, 0.6) is 0 Å². The number of ether oxygens (including phenoxy) is 2. The van der Waals surface area contributed by atoms with Crippen molar-refractivity contribution in [3.05, 3.63) is 36.5 Å². The Labute approximate surface area is 559 Å². The lowest BCUT2D eigenvalue weighted by molar-refractivity contribution is -0.302. The fourth-order valence-electron chi connectivity index (χ4n) is 13.2. The number of aliphatic hydroxyl groups is 5. The highest BCUT2D eigenvalue weighted by atomic mass is 16.7. The van der Waals surface area contributed by atoms with Gasteiger partial charge in [-0.05, 0) is 51.4 Å². The van der Waals surface area contributed by atoms with Gasteiger partial charge >= 0.3 is 0 Å². The minimum atomic E-state index is -1.55. The Morgan fingerprint density at radius 3 is 0.967 bits per heavy atom. The average molecular weight is 1270 g/mol. The van der Waals surface area contributed by atoms with Crippen LogP contribution in [0.15, 0.2) is 36.5 Å². The van der Waals surface area contributed by atoms with Crippen molar-refractivity contribution in [3.8, 4) is 0 Å². The van der Waals surface area contributed by atoms with E-state index < -0.39 is 49.5 Å². The van der Waals surface area contributed by atoms with Gasteiger partial charge in [0.2, 0.25) is 5.91 Å². The first-order valence-electron chi connectivity index (χ1n) is 40.2. The number of carbonyl (C=O) groups excluding carboxylic acids is 1. The zero-order valence-corrected chi connectivity index (χ0v) is 59.9. The predicted octanol–water partition coefficient (Wildman–Crippen LogP) is 22.9. The molecule has 0 aromatic rings. The van der Waals surface area contributed by atoms with Crippen molar-refractivity contribution in [2.75, 3.05) is 13.2 Å². The van der Waals surface area contributed by atoms with Crippen LogP contribution >= 0.6 is 0 Å². The van der Waals surface area contributed by atoms with Crippen molar-refractivity contribution < 1.29 is 39.8 Å². The molecule has 0 aromatic carbocycles.